The lowest BCUT2D eigenvalue weighted by Gasteiger charge is -2.26. The molecule has 2 rings (SSSR count). The molecule has 0 amide bonds. The number of nitriles is 1. The molecule has 0 bridgehead atoms. The second kappa shape index (κ2) is 7.09. The summed E-state index contributed by atoms with van der Waals surface area (Å²) in [4.78, 5) is 6.31. The molecular formula is C16H17BrN4. The van der Waals surface area contributed by atoms with Crippen LogP contribution in [0.5, 0.6) is 0 Å². The second-order valence-electron chi connectivity index (χ2n) is 4.85. The van der Waals surface area contributed by atoms with Gasteiger partial charge in [0.25, 0.3) is 0 Å². The molecule has 5 heteroatoms. The van der Waals surface area contributed by atoms with E-state index in [9.17, 15) is 0 Å². The summed E-state index contributed by atoms with van der Waals surface area (Å²) in [7, 11) is 0. The minimum Gasteiger partial charge on any atom is -0.398 e. The standard InChI is InChI=1S/C16H17BrN4/c1-12-8-16(14(17)9-15(12)19)21(7-3-5-18)11-13-4-2-6-20-10-13/h2,4,6,8-10H,3,7,11,19H2,1H3. The number of halogens is 1. The van der Waals surface area contributed by atoms with E-state index >= 15 is 0 Å². The van der Waals surface area contributed by atoms with Crippen LogP contribution < -0.4 is 10.6 Å². The fourth-order valence-corrected chi connectivity index (χ4v) is 2.72. The monoisotopic (exact) mass is 344 g/mol. The SMILES string of the molecule is Cc1cc(N(CCC#N)Cc2cccnc2)c(Br)cc1N. The van der Waals surface area contributed by atoms with Gasteiger partial charge in [-0.3, -0.25) is 4.98 Å². The minimum absolute atomic E-state index is 0.468. The van der Waals surface area contributed by atoms with Crippen molar-refractivity contribution < 1.29 is 0 Å². The Hall–Kier alpha value is -2.06. The van der Waals surface area contributed by atoms with Gasteiger partial charge in [-0.05, 0) is 52.2 Å². The van der Waals surface area contributed by atoms with Crippen LogP contribution in [0.2, 0.25) is 0 Å². The number of hydrogen-bond acceptors (Lipinski definition) is 4. The Morgan fingerprint density at radius 2 is 2.24 bits per heavy atom. The van der Waals surface area contributed by atoms with Crippen LogP contribution in [0.15, 0.2) is 41.1 Å². The van der Waals surface area contributed by atoms with E-state index in [-0.39, 0.29) is 0 Å². The molecule has 1 heterocycles. The van der Waals surface area contributed by atoms with Gasteiger partial charge in [0, 0.05) is 35.6 Å². The molecule has 0 fully saturated rings. The van der Waals surface area contributed by atoms with Gasteiger partial charge in [0.15, 0.2) is 0 Å². The highest BCUT2D eigenvalue weighted by molar-refractivity contribution is 9.10. The lowest BCUT2D eigenvalue weighted by molar-refractivity contribution is 0.793. The number of nitrogens with two attached hydrogens (primary N) is 1. The van der Waals surface area contributed by atoms with Crippen LogP contribution in [-0.2, 0) is 6.54 Å². The van der Waals surface area contributed by atoms with Gasteiger partial charge in [0.2, 0.25) is 0 Å². The van der Waals surface area contributed by atoms with Gasteiger partial charge < -0.3 is 10.6 Å². The molecule has 0 spiro atoms. The summed E-state index contributed by atoms with van der Waals surface area (Å²) in [6.45, 7) is 3.35. The van der Waals surface area contributed by atoms with E-state index in [1.807, 2.05) is 37.4 Å². The molecule has 21 heavy (non-hydrogen) atoms. The molecule has 0 saturated heterocycles. The van der Waals surface area contributed by atoms with Gasteiger partial charge in [-0.1, -0.05) is 6.07 Å². The number of nitrogens with zero attached hydrogens (tertiary/aromatic N) is 3. The average Bonchev–Trinajstić information content (AvgIpc) is 2.48. The van der Waals surface area contributed by atoms with Gasteiger partial charge in [0.1, 0.15) is 0 Å². The molecule has 0 saturated carbocycles. The molecule has 4 nitrogen and oxygen atoms in total. The molecule has 1 aromatic heterocycles. The van der Waals surface area contributed by atoms with Crippen LogP contribution in [0.1, 0.15) is 17.5 Å². The van der Waals surface area contributed by atoms with Crippen molar-refractivity contribution in [3.05, 3.63) is 52.3 Å². The largest absolute Gasteiger partial charge is 0.398 e. The Balaban J connectivity index is 2.32. The third-order valence-electron chi connectivity index (χ3n) is 3.27. The third-order valence-corrected chi connectivity index (χ3v) is 3.90. The molecule has 0 aliphatic rings. The maximum absolute atomic E-state index is 8.88. The fourth-order valence-electron chi connectivity index (χ4n) is 2.11. The summed E-state index contributed by atoms with van der Waals surface area (Å²) in [5.74, 6) is 0. The number of benzene rings is 1. The first-order chi connectivity index (χ1) is 10.1. The van der Waals surface area contributed by atoms with Crippen molar-refractivity contribution in [2.45, 2.75) is 19.9 Å². The predicted octanol–water partition coefficient (Wildman–Crippen LogP) is 3.66. The van der Waals surface area contributed by atoms with Crippen molar-refractivity contribution >= 4 is 27.3 Å². The fraction of sp³-hybridized carbons (Fsp3) is 0.250. The maximum Gasteiger partial charge on any atom is 0.0640 e. The van der Waals surface area contributed by atoms with E-state index in [2.05, 4.69) is 31.9 Å². The summed E-state index contributed by atoms with van der Waals surface area (Å²) in [6, 6.07) is 10.1. The predicted molar refractivity (Wildman–Crippen MR) is 88.8 cm³/mol. The summed E-state index contributed by atoms with van der Waals surface area (Å²) >= 11 is 3.57. The van der Waals surface area contributed by atoms with E-state index in [1.165, 1.54) is 0 Å². The highest BCUT2D eigenvalue weighted by Crippen LogP contribution is 2.31. The summed E-state index contributed by atoms with van der Waals surface area (Å²) in [5.41, 5.74) is 9.87. The van der Waals surface area contributed by atoms with E-state index < -0.39 is 0 Å². The van der Waals surface area contributed by atoms with Crippen molar-refractivity contribution in [3.63, 3.8) is 0 Å². The van der Waals surface area contributed by atoms with E-state index in [0.717, 1.165) is 27.0 Å². The van der Waals surface area contributed by atoms with Gasteiger partial charge in [-0.2, -0.15) is 5.26 Å². The first kappa shape index (κ1) is 15.3. The lowest BCUT2D eigenvalue weighted by Crippen LogP contribution is -2.24. The first-order valence-corrected chi connectivity index (χ1v) is 7.47. The van der Waals surface area contributed by atoms with Crippen LogP contribution >= 0.6 is 15.9 Å². The summed E-state index contributed by atoms with van der Waals surface area (Å²) in [6.07, 6.45) is 4.07. The zero-order chi connectivity index (χ0) is 15.2. The molecule has 0 unspecified atom stereocenters. The number of hydrogen-bond donors (Lipinski definition) is 1. The molecular weight excluding hydrogens is 328 g/mol. The molecule has 1 aromatic carbocycles. The van der Waals surface area contributed by atoms with Crippen LogP contribution in [0.25, 0.3) is 0 Å². The van der Waals surface area contributed by atoms with Gasteiger partial charge in [-0.25, -0.2) is 0 Å². The normalized spacial score (nSPS) is 10.1. The molecule has 0 atom stereocenters. The van der Waals surface area contributed by atoms with Crippen molar-refractivity contribution in [1.82, 2.24) is 4.98 Å². The molecule has 2 aromatic rings. The van der Waals surface area contributed by atoms with Crippen molar-refractivity contribution in [1.29, 1.82) is 5.26 Å². The highest BCUT2D eigenvalue weighted by atomic mass is 79.9. The van der Waals surface area contributed by atoms with E-state index in [0.29, 0.717) is 19.5 Å². The van der Waals surface area contributed by atoms with Gasteiger partial charge in [-0.15, -0.1) is 0 Å². The number of pyridine rings is 1. The van der Waals surface area contributed by atoms with Crippen LogP contribution in [0, 0.1) is 18.3 Å². The number of nitrogen functional groups attached to an aromatic ring is 1. The molecule has 108 valence electrons. The van der Waals surface area contributed by atoms with Crippen LogP contribution in [0.3, 0.4) is 0 Å². The number of anilines is 2. The third kappa shape index (κ3) is 3.96. The lowest BCUT2D eigenvalue weighted by atomic mass is 10.1. The Labute approximate surface area is 133 Å². The zero-order valence-electron chi connectivity index (χ0n) is 11.9. The minimum atomic E-state index is 0.468. The number of aryl methyl sites for hydroxylation is 1. The van der Waals surface area contributed by atoms with Crippen molar-refractivity contribution in [3.8, 4) is 6.07 Å². The van der Waals surface area contributed by atoms with E-state index in [4.69, 9.17) is 11.0 Å². The number of rotatable bonds is 5. The van der Waals surface area contributed by atoms with Crippen LogP contribution in [0.4, 0.5) is 11.4 Å². The maximum atomic E-state index is 8.88. The zero-order valence-corrected chi connectivity index (χ0v) is 13.5. The Morgan fingerprint density at radius 1 is 1.43 bits per heavy atom. The smallest absolute Gasteiger partial charge is 0.0640 e. The molecule has 2 N–H and O–H groups in total. The molecule has 0 aliphatic carbocycles. The Bertz CT molecular complexity index is 649. The molecule has 0 aliphatic heterocycles. The van der Waals surface area contributed by atoms with E-state index in [1.54, 1.807) is 6.20 Å². The molecule has 0 radical (unpaired) electrons. The quantitative estimate of drug-likeness (QED) is 0.840. The van der Waals surface area contributed by atoms with Crippen molar-refractivity contribution in [2.75, 3.05) is 17.2 Å². The van der Waals surface area contributed by atoms with Gasteiger partial charge in [0.05, 0.1) is 18.2 Å². The topological polar surface area (TPSA) is 65.9 Å². The first-order valence-electron chi connectivity index (χ1n) is 6.68. The van der Waals surface area contributed by atoms with Crippen molar-refractivity contribution in [2.24, 2.45) is 0 Å². The second-order valence-corrected chi connectivity index (χ2v) is 5.71. The number of aromatic nitrogens is 1. The van der Waals surface area contributed by atoms with Gasteiger partial charge >= 0.3 is 0 Å². The highest BCUT2D eigenvalue weighted by Gasteiger charge is 2.12. The average molecular weight is 345 g/mol. The Kier molecular flexibility index (Phi) is 5.18. The Morgan fingerprint density at radius 3 is 2.90 bits per heavy atom. The summed E-state index contributed by atoms with van der Waals surface area (Å²) in [5, 5.41) is 8.88. The summed E-state index contributed by atoms with van der Waals surface area (Å²) < 4.78 is 0.937. The van der Waals surface area contributed by atoms with Crippen LogP contribution in [-0.4, -0.2) is 11.5 Å².